The normalized spacial score (nSPS) is 12.7. The van der Waals surface area contributed by atoms with Gasteiger partial charge in [-0.2, -0.15) is 0 Å². The predicted octanol–water partition coefficient (Wildman–Crippen LogP) is 17.6. The van der Waals surface area contributed by atoms with Gasteiger partial charge in [-0.25, -0.2) is 0 Å². The zero-order valence-corrected chi connectivity index (χ0v) is 36.0. The molecule has 0 saturated heterocycles. The summed E-state index contributed by atoms with van der Waals surface area (Å²) in [6, 6.07) is 87.4. The average Bonchev–Trinajstić information content (AvgIpc) is 3.59. The van der Waals surface area contributed by atoms with E-state index in [4.69, 9.17) is 0 Å². The zero-order valence-electron chi connectivity index (χ0n) is 36.0. The molecule has 1 aliphatic carbocycles. The maximum atomic E-state index is 2.51. The van der Waals surface area contributed by atoms with E-state index < -0.39 is 0 Å². The maximum Gasteiger partial charge on any atom is 0.0546 e. The molecule has 0 fully saturated rings. The molecule has 64 heavy (non-hydrogen) atoms. The summed E-state index contributed by atoms with van der Waals surface area (Å²) in [6.07, 6.45) is 0. The van der Waals surface area contributed by atoms with Crippen LogP contribution in [0, 0.1) is 0 Å². The van der Waals surface area contributed by atoms with Crippen LogP contribution in [0.5, 0.6) is 0 Å². The van der Waals surface area contributed by atoms with Crippen LogP contribution in [-0.2, 0) is 5.41 Å². The average molecular weight is 816 g/mol. The monoisotopic (exact) mass is 815 g/mol. The third-order valence-corrected chi connectivity index (χ3v) is 13.7. The summed E-state index contributed by atoms with van der Waals surface area (Å²) in [5.74, 6) is 0. The quantitative estimate of drug-likeness (QED) is 0.145. The first-order chi connectivity index (χ1) is 31.5. The van der Waals surface area contributed by atoms with Gasteiger partial charge >= 0.3 is 0 Å². The van der Waals surface area contributed by atoms with Crippen molar-refractivity contribution in [2.45, 2.75) is 19.3 Å². The SMILES string of the molecule is CC1(C)c2ccccc2-c2ccc(N(c3ccc(-c4cccc5ccccc45)cc3)c3cccc(-c4cccc(-c5ccccc5)c4)c3-c3cc4ccccc4c4ccccc34)cc21. The summed E-state index contributed by atoms with van der Waals surface area (Å²) in [5.41, 5.74) is 18.1. The molecule has 0 N–H and O–H groups in total. The van der Waals surface area contributed by atoms with E-state index in [1.54, 1.807) is 0 Å². The number of hydrogen-bond acceptors (Lipinski definition) is 1. The van der Waals surface area contributed by atoms with Gasteiger partial charge in [0.2, 0.25) is 0 Å². The lowest BCUT2D eigenvalue weighted by molar-refractivity contribution is 0.660. The molecule has 0 saturated carbocycles. The molecule has 0 unspecified atom stereocenters. The van der Waals surface area contributed by atoms with Crippen molar-refractivity contribution in [1.29, 1.82) is 0 Å². The molecule has 1 nitrogen and oxygen atoms in total. The lowest BCUT2D eigenvalue weighted by atomic mass is 9.82. The molecular formula is C63H45N. The molecule has 0 aromatic heterocycles. The van der Waals surface area contributed by atoms with Gasteiger partial charge < -0.3 is 4.90 Å². The van der Waals surface area contributed by atoms with E-state index in [2.05, 4.69) is 255 Å². The van der Waals surface area contributed by atoms with Gasteiger partial charge in [0.25, 0.3) is 0 Å². The van der Waals surface area contributed by atoms with E-state index in [0.717, 1.165) is 17.1 Å². The lowest BCUT2D eigenvalue weighted by Gasteiger charge is -2.31. The summed E-state index contributed by atoms with van der Waals surface area (Å²) in [5, 5.41) is 7.45. The first-order valence-electron chi connectivity index (χ1n) is 22.3. The van der Waals surface area contributed by atoms with Crippen LogP contribution >= 0.6 is 0 Å². The summed E-state index contributed by atoms with van der Waals surface area (Å²) < 4.78 is 0. The maximum absolute atomic E-state index is 2.51. The first kappa shape index (κ1) is 37.7. The van der Waals surface area contributed by atoms with Gasteiger partial charge in [0.1, 0.15) is 0 Å². The fraction of sp³-hybridized carbons (Fsp3) is 0.0476. The highest BCUT2D eigenvalue weighted by Gasteiger charge is 2.36. The molecule has 11 aromatic rings. The van der Waals surface area contributed by atoms with Crippen molar-refractivity contribution < 1.29 is 0 Å². The second kappa shape index (κ2) is 15.1. The van der Waals surface area contributed by atoms with Crippen molar-refractivity contribution in [2.24, 2.45) is 0 Å². The summed E-state index contributed by atoms with van der Waals surface area (Å²) in [4.78, 5) is 2.51. The van der Waals surface area contributed by atoms with Crippen LogP contribution in [0.15, 0.2) is 237 Å². The minimum Gasteiger partial charge on any atom is -0.310 e. The Hall–Kier alpha value is -8.00. The van der Waals surface area contributed by atoms with Crippen molar-refractivity contribution in [2.75, 3.05) is 4.90 Å². The van der Waals surface area contributed by atoms with Crippen molar-refractivity contribution >= 4 is 49.4 Å². The number of nitrogens with zero attached hydrogens (tertiary/aromatic N) is 1. The van der Waals surface area contributed by atoms with E-state index >= 15 is 0 Å². The molecule has 0 spiro atoms. The third kappa shape index (κ3) is 6.15. The Balaban J connectivity index is 1.14. The Morgan fingerprint density at radius 1 is 0.297 bits per heavy atom. The highest BCUT2D eigenvalue weighted by Crippen LogP contribution is 2.53. The zero-order chi connectivity index (χ0) is 42.8. The van der Waals surface area contributed by atoms with Crippen LogP contribution < -0.4 is 4.90 Å². The minimum atomic E-state index is -0.164. The van der Waals surface area contributed by atoms with Crippen LogP contribution in [0.1, 0.15) is 25.0 Å². The minimum absolute atomic E-state index is 0.164. The van der Waals surface area contributed by atoms with Gasteiger partial charge in [0, 0.05) is 22.4 Å². The molecule has 0 radical (unpaired) electrons. The number of benzene rings is 11. The van der Waals surface area contributed by atoms with Gasteiger partial charge in [-0.3, -0.25) is 0 Å². The van der Waals surface area contributed by atoms with E-state index in [1.165, 1.54) is 99.1 Å². The van der Waals surface area contributed by atoms with Crippen LogP contribution in [0.4, 0.5) is 17.1 Å². The standard InChI is InChI=1S/C63H45N/c1-63(2)59-31-13-12-28-56(59)57-38-37-49(41-60(57)63)64(48-35-33-44(34-36-48)51-29-15-21-43-19-6-8-24-50(43)51)61-32-16-30-53(46-23-14-22-45(39-46)42-17-4-3-5-18-42)62(61)58-40-47-20-7-9-25-52(47)54-26-10-11-27-55(54)58/h3-41H,1-2H3. The molecular weight excluding hydrogens is 771 g/mol. The second-order valence-electron chi connectivity index (χ2n) is 17.6. The Kier molecular flexibility index (Phi) is 8.91. The van der Waals surface area contributed by atoms with Crippen molar-refractivity contribution in [3.8, 4) is 55.6 Å². The van der Waals surface area contributed by atoms with Crippen molar-refractivity contribution in [3.63, 3.8) is 0 Å². The Morgan fingerprint density at radius 2 is 0.875 bits per heavy atom. The Bertz CT molecular complexity index is 3570. The van der Waals surface area contributed by atoms with Gasteiger partial charge in [-0.15, -0.1) is 0 Å². The van der Waals surface area contributed by atoms with Crippen LogP contribution in [0.3, 0.4) is 0 Å². The molecule has 0 bridgehead atoms. The number of rotatable bonds is 7. The molecule has 11 aromatic carbocycles. The first-order valence-corrected chi connectivity index (χ1v) is 22.3. The molecule has 0 aliphatic heterocycles. The summed E-state index contributed by atoms with van der Waals surface area (Å²) in [6.45, 7) is 4.75. The summed E-state index contributed by atoms with van der Waals surface area (Å²) in [7, 11) is 0. The van der Waals surface area contributed by atoms with E-state index in [-0.39, 0.29) is 5.41 Å². The van der Waals surface area contributed by atoms with Gasteiger partial charge in [-0.1, -0.05) is 208 Å². The topological polar surface area (TPSA) is 3.24 Å². The van der Waals surface area contributed by atoms with Crippen molar-refractivity contribution in [3.05, 3.63) is 248 Å². The van der Waals surface area contributed by atoms with E-state index in [9.17, 15) is 0 Å². The number of anilines is 3. The second-order valence-corrected chi connectivity index (χ2v) is 17.6. The largest absolute Gasteiger partial charge is 0.310 e. The smallest absolute Gasteiger partial charge is 0.0546 e. The van der Waals surface area contributed by atoms with Crippen LogP contribution in [0.2, 0.25) is 0 Å². The molecule has 1 aliphatic rings. The van der Waals surface area contributed by atoms with E-state index in [0.29, 0.717) is 0 Å². The molecule has 0 atom stereocenters. The summed E-state index contributed by atoms with van der Waals surface area (Å²) >= 11 is 0. The molecule has 0 amide bonds. The van der Waals surface area contributed by atoms with Gasteiger partial charge in [-0.05, 0) is 136 Å². The molecule has 12 rings (SSSR count). The fourth-order valence-corrected chi connectivity index (χ4v) is 10.5. The molecule has 302 valence electrons. The van der Waals surface area contributed by atoms with Gasteiger partial charge in [0.05, 0.1) is 5.69 Å². The highest BCUT2D eigenvalue weighted by atomic mass is 15.1. The number of hydrogen-bond donors (Lipinski definition) is 0. The Labute approximate surface area is 375 Å². The van der Waals surface area contributed by atoms with Gasteiger partial charge in [0.15, 0.2) is 0 Å². The highest BCUT2D eigenvalue weighted by molar-refractivity contribution is 6.16. The van der Waals surface area contributed by atoms with Crippen LogP contribution in [-0.4, -0.2) is 0 Å². The lowest BCUT2D eigenvalue weighted by Crippen LogP contribution is -2.17. The van der Waals surface area contributed by atoms with E-state index in [1.807, 2.05) is 0 Å². The van der Waals surface area contributed by atoms with Crippen LogP contribution in [0.25, 0.3) is 88.0 Å². The predicted molar refractivity (Wildman–Crippen MR) is 273 cm³/mol. The van der Waals surface area contributed by atoms with Crippen molar-refractivity contribution in [1.82, 2.24) is 0 Å². The number of fused-ring (bicyclic) bond motifs is 7. The fourth-order valence-electron chi connectivity index (χ4n) is 10.5. The molecule has 0 heterocycles. The Morgan fingerprint density at radius 3 is 1.72 bits per heavy atom. The molecule has 1 heteroatoms. The third-order valence-electron chi connectivity index (χ3n) is 13.7.